The highest BCUT2D eigenvalue weighted by Crippen LogP contribution is 2.32. The molecule has 0 aliphatic carbocycles. The number of halogens is 1. The molecule has 0 aliphatic rings. The molecule has 7 heteroatoms. The largest absolute Gasteiger partial charge is 0.497 e. The number of methoxy groups -OCH3 is 1. The van der Waals surface area contributed by atoms with Gasteiger partial charge in [0.05, 0.1) is 30.0 Å². The molecule has 0 unspecified atom stereocenters. The fourth-order valence-electron chi connectivity index (χ4n) is 4.09. The number of fused-ring (bicyclic) bond motifs is 2. The molecule has 164 valence electrons. The second-order valence-electron chi connectivity index (χ2n) is 7.68. The second-order valence-corrected chi connectivity index (χ2v) is 8.12. The number of hydrogen-bond donors (Lipinski definition) is 0. The lowest BCUT2D eigenvalue weighted by Crippen LogP contribution is -2.14. The van der Waals surface area contributed by atoms with E-state index in [4.69, 9.17) is 20.8 Å². The minimum absolute atomic E-state index is 0.182. The third-order valence-electron chi connectivity index (χ3n) is 5.74. The molecule has 0 aliphatic heterocycles. The van der Waals surface area contributed by atoms with Crippen LogP contribution in [0.1, 0.15) is 27.5 Å². The molecule has 0 amide bonds. The first kappa shape index (κ1) is 21.0. The van der Waals surface area contributed by atoms with Crippen LogP contribution < -0.4 is 10.4 Å². The van der Waals surface area contributed by atoms with Gasteiger partial charge in [-0.3, -0.25) is 9.36 Å². The summed E-state index contributed by atoms with van der Waals surface area (Å²) in [6.45, 7) is 1.87. The number of hydrogen-bond acceptors (Lipinski definition) is 5. The molecule has 0 spiro atoms. The fourth-order valence-corrected chi connectivity index (χ4v) is 4.21. The van der Waals surface area contributed by atoms with Crippen LogP contribution in [0.5, 0.6) is 5.75 Å². The van der Waals surface area contributed by atoms with Crippen molar-refractivity contribution in [2.24, 2.45) is 0 Å². The van der Waals surface area contributed by atoms with Gasteiger partial charge in [0, 0.05) is 21.7 Å². The number of aromatic nitrogens is 2. The van der Waals surface area contributed by atoms with Gasteiger partial charge in [-0.05, 0) is 67.1 Å². The minimum atomic E-state index is -0.438. The molecule has 5 aromatic rings. The number of carbonyl (C=O) groups is 1. The first-order valence-corrected chi connectivity index (χ1v) is 10.7. The number of ether oxygens (including phenoxy) is 1. The predicted octanol–water partition coefficient (Wildman–Crippen LogP) is 5.39. The number of nitrogens with zero attached hydrogens (tertiary/aromatic N) is 2. The summed E-state index contributed by atoms with van der Waals surface area (Å²) in [5.74, 6) is 0.758. The normalized spacial score (nSPS) is 11.2. The summed E-state index contributed by atoms with van der Waals surface area (Å²) >= 11 is 6.00. The molecule has 0 fully saturated rings. The quantitative estimate of drug-likeness (QED) is 0.361. The lowest BCUT2D eigenvalue weighted by Gasteiger charge is -2.08. The third kappa shape index (κ3) is 3.68. The van der Waals surface area contributed by atoms with Crippen molar-refractivity contribution in [3.8, 4) is 5.75 Å². The summed E-state index contributed by atoms with van der Waals surface area (Å²) in [5.41, 5.74) is 2.93. The zero-order valence-electron chi connectivity index (χ0n) is 18.0. The van der Waals surface area contributed by atoms with Crippen LogP contribution in [0, 0.1) is 6.92 Å². The predicted molar refractivity (Wildman–Crippen MR) is 127 cm³/mol. The summed E-state index contributed by atoms with van der Waals surface area (Å²) in [6, 6.07) is 19.4. The van der Waals surface area contributed by atoms with Crippen LogP contribution in [0.15, 0.2) is 75.9 Å². The lowest BCUT2D eigenvalue weighted by atomic mass is 10.1. The zero-order valence-corrected chi connectivity index (χ0v) is 18.7. The van der Waals surface area contributed by atoms with Gasteiger partial charge in [-0.15, -0.1) is 0 Å². The molecule has 0 N–H and O–H groups in total. The molecule has 0 bridgehead atoms. The number of para-hydroxylation sites is 1. The van der Waals surface area contributed by atoms with Gasteiger partial charge >= 0.3 is 5.63 Å². The van der Waals surface area contributed by atoms with E-state index < -0.39 is 5.63 Å². The Morgan fingerprint density at radius 1 is 1.06 bits per heavy atom. The van der Waals surface area contributed by atoms with Gasteiger partial charge in [-0.2, -0.15) is 0 Å². The molecule has 5 rings (SSSR count). The standard InChI is InChI=1S/C26H19ClN2O4/c1-15-20(14-24-28-22-6-4-3-5-19(22)26(31)33-24)21-13-18(32-2)11-12-23(21)29(15)25(30)16-7-9-17(27)10-8-16/h3-13H,14H2,1-2H3. The van der Waals surface area contributed by atoms with E-state index >= 15 is 0 Å². The van der Waals surface area contributed by atoms with Gasteiger partial charge in [-0.25, -0.2) is 9.78 Å². The first-order chi connectivity index (χ1) is 16.0. The van der Waals surface area contributed by atoms with Crippen LogP contribution in [0.3, 0.4) is 0 Å². The molecule has 0 radical (unpaired) electrons. The van der Waals surface area contributed by atoms with E-state index in [0.29, 0.717) is 27.2 Å². The third-order valence-corrected chi connectivity index (χ3v) is 6.00. The van der Waals surface area contributed by atoms with Crippen molar-refractivity contribution < 1.29 is 13.9 Å². The Bertz CT molecular complexity index is 1580. The molecular formula is C26H19ClN2O4. The highest BCUT2D eigenvalue weighted by atomic mass is 35.5. The Hall–Kier alpha value is -3.90. The Morgan fingerprint density at radius 2 is 1.82 bits per heavy atom. The zero-order chi connectivity index (χ0) is 23.1. The molecule has 2 heterocycles. The summed E-state index contributed by atoms with van der Waals surface area (Å²) in [5, 5.41) is 1.82. The molecule has 2 aromatic heterocycles. The summed E-state index contributed by atoms with van der Waals surface area (Å²) in [4.78, 5) is 30.4. The monoisotopic (exact) mass is 458 g/mol. The van der Waals surface area contributed by atoms with Gasteiger partial charge in [-0.1, -0.05) is 23.7 Å². The Morgan fingerprint density at radius 3 is 2.58 bits per heavy atom. The van der Waals surface area contributed by atoms with Gasteiger partial charge in [0.2, 0.25) is 5.89 Å². The van der Waals surface area contributed by atoms with Crippen molar-refractivity contribution in [1.29, 1.82) is 0 Å². The minimum Gasteiger partial charge on any atom is -0.497 e. The fraction of sp³-hybridized carbons (Fsp3) is 0.115. The van der Waals surface area contributed by atoms with Crippen molar-refractivity contribution in [1.82, 2.24) is 9.55 Å². The van der Waals surface area contributed by atoms with Crippen LogP contribution in [0.2, 0.25) is 5.02 Å². The van der Waals surface area contributed by atoms with Crippen LogP contribution in [-0.2, 0) is 6.42 Å². The van der Waals surface area contributed by atoms with Gasteiger partial charge in [0.1, 0.15) is 5.75 Å². The number of benzene rings is 3. The van der Waals surface area contributed by atoms with Gasteiger partial charge < -0.3 is 9.15 Å². The van der Waals surface area contributed by atoms with E-state index in [1.54, 1.807) is 54.1 Å². The number of rotatable bonds is 4. The number of carbonyl (C=O) groups excluding carboxylic acids is 1. The molecule has 33 heavy (non-hydrogen) atoms. The van der Waals surface area contributed by atoms with Crippen molar-refractivity contribution >= 4 is 39.3 Å². The maximum atomic E-state index is 13.4. The molecule has 0 saturated heterocycles. The average molecular weight is 459 g/mol. The SMILES string of the molecule is COc1ccc2c(c1)c(Cc1nc3ccccc3c(=O)o1)c(C)n2C(=O)c1ccc(Cl)cc1. The van der Waals surface area contributed by atoms with Crippen molar-refractivity contribution in [2.75, 3.05) is 7.11 Å². The van der Waals surface area contributed by atoms with Crippen molar-refractivity contribution in [2.45, 2.75) is 13.3 Å². The van der Waals surface area contributed by atoms with E-state index in [0.717, 1.165) is 22.2 Å². The van der Waals surface area contributed by atoms with Gasteiger partial charge in [0.25, 0.3) is 5.91 Å². The van der Waals surface area contributed by atoms with Crippen LogP contribution in [-0.4, -0.2) is 22.6 Å². The van der Waals surface area contributed by atoms with E-state index in [1.807, 2.05) is 31.2 Å². The van der Waals surface area contributed by atoms with Crippen LogP contribution in [0.4, 0.5) is 0 Å². The van der Waals surface area contributed by atoms with E-state index in [1.165, 1.54) is 0 Å². The molecule has 3 aromatic carbocycles. The van der Waals surface area contributed by atoms with E-state index in [2.05, 4.69) is 4.98 Å². The molecule has 0 saturated carbocycles. The average Bonchev–Trinajstić information content (AvgIpc) is 3.09. The first-order valence-electron chi connectivity index (χ1n) is 10.3. The second kappa shape index (κ2) is 8.22. The molecular weight excluding hydrogens is 440 g/mol. The van der Waals surface area contributed by atoms with Crippen molar-refractivity contribution in [3.05, 3.63) is 105 Å². The Labute approximate surface area is 194 Å². The summed E-state index contributed by atoms with van der Waals surface area (Å²) in [7, 11) is 1.59. The molecule has 6 nitrogen and oxygen atoms in total. The summed E-state index contributed by atoms with van der Waals surface area (Å²) in [6.07, 6.45) is 0.247. The van der Waals surface area contributed by atoms with Gasteiger partial charge in [0.15, 0.2) is 0 Å². The smallest absolute Gasteiger partial charge is 0.346 e. The van der Waals surface area contributed by atoms with E-state index in [-0.39, 0.29) is 18.2 Å². The Balaban J connectivity index is 1.69. The highest BCUT2D eigenvalue weighted by molar-refractivity contribution is 6.30. The maximum absolute atomic E-state index is 13.4. The van der Waals surface area contributed by atoms with Crippen LogP contribution in [0.25, 0.3) is 21.8 Å². The molecule has 0 atom stereocenters. The van der Waals surface area contributed by atoms with E-state index in [9.17, 15) is 9.59 Å². The summed E-state index contributed by atoms with van der Waals surface area (Å²) < 4.78 is 12.6. The topological polar surface area (TPSA) is 74.3 Å². The lowest BCUT2D eigenvalue weighted by molar-refractivity contribution is 0.0963. The van der Waals surface area contributed by atoms with Crippen molar-refractivity contribution in [3.63, 3.8) is 0 Å². The highest BCUT2D eigenvalue weighted by Gasteiger charge is 2.22. The van der Waals surface area contributed by atoms with Crippen LogP contribution >= 0.6 is 11.6 Å². The Kier molecular flexibility index (Phi) is 5.23. The maximum Gasteiger partial charge on any atom is 0.346 e.